The summed E-state index contributed by atoms with van der Waals surface area (Å²) in [4.78, 5) is 24.1. The summed E-state index contributed by atoms with van der Waals surface area (Å²) in [6.07, 6.45) is 0. The molecule has 10 heteroatoms. The van der Waals surface area contributed by atoms with Crippen LogP contribution in [0.4, 0.5) is 0 Å². The SMILES string of the molecule is CC(C)[C@](C)(C#N)NC(=O)COC(=O)c1cc(S(=O)(=O)N(C)C)ccc1Cl. The van der Waals surface area contributed by atoms with Crippen molar-refractivity contribution in [2.45, 2.75) is 31.2 Å². The van der Waals surface area contributed by atoms with Gasteiger partial charge in [-0.25, -0.2) is 17.5 Å². The second kappa shape index (κ2) is 8.69. The Bertz CT molecular complexity index is 877. The van der Waals surface area contributed by atoms with Gasteiger partial charge in [0.2, 0.25) is 10.0 Å². The molecule has 1 atom stereocenters. The number of ether oxygens (including phenoxy) is 1. The van der Waals surface area contributed by atoms with Gasteiger partial charge in [0.05, 0.1) is 21.6 Å². The number of benzene rings is 1. The lowest BCUT2D eigenvalue weighted by molar-refractivity contribution is -0.125. The Morgan fingerprint density at radius 3 is 2.44 bits per heavy atom. The maximum absolute atomic E-state index is 12.2. The van der Waals surface area contributed by atoms with Crippen LogP contribution >= 0.6 is 11.6 Å². The van der Waals surface area contributed by atoms with Crippen LogP contribution in [0.2, 0.25) is 5.02 Å². The zero-order valence-corrected chi connectivity index (χ0v) is 17.3. The van der Waals surface area contributed by atoms with Crippen molar-refractivity contribution >= 4 is 33.5 Å². The molecule has 1 aromatic rings. The first kappa shape index (κ1) is 22.9. The monoisotopic (exact) mass is 415 g/mol. The number of hydrogen-bond acceptors (Lipinski definition) is 6. The number of esters is 1. The van der Waals surface area contributed by atoms with Gasteiger partial charge in [-0.15, -0.1) is 0 Å². The lowest BCUT2D eigenvalue weighted by Gasteiger charge is -2.27. The van der Waals surface area contributed by atoms with E-state index in [1.807, 2.05) is 6.07 Å². The van der Waals surface area contributed by atoms with E-state index in [1.165, 1.54) is 26.2 Å². The zero-order valence-electron chi connectivity index (χ0n) is 15.7. The second-order valence-electron chi connectivity index (χ2n) is 6.52. The van der Waals surface area contributed by atoms with Crippen molar-refractivity contribution in [3.05, 3.63) is 28.8 Å². The van der Waals surface area contributed by atoms with E-state index < -0.39 is 34.0 Å². The first-order valence-electron chi connectivity index (χ1n) is 7.96. The predicted octanol–water partition coefficient (Wildman–Crippen LogP) is 1.80. The van der Waals surface area contributed by atoms with Gasteiger partial charge in [0.25, 0.3) is 5.91 Å². The summed E-state index contributed by atoms with van der Waals surface area (Å²) in [7, 11) is -1.06. The molecule has 0 aliphatic heterocycles. The van der Waals surface area contributed by atoms with E-state index >= 15 is 0 Å². The van der Waals surface area contributed by atoms with E-state index in [9.17, 15) is 23.3 Å². The van der Waals surface area contributed by atoms with E-state index in [0.29, 0.717) is 0 Å². The van der Waals surface area contributed by atoms with Gasteiger partial charge in [-0.05, 0) is 31.0 Å². The summed E-state index contributed by atoms with van der Waals surface area (Å²) < 4.78 is 30.3. The van der Waals surface area contributed by atoms with Crippen molar-refractivity contribution in [3.8, 4) is 6.07 Å². The van der Waals surface area contributed by atoms with Crippen LogP contribution in [0.1, 0.15) is 31.1 Å². The Balaban J connectivity index is 2.93. The summed E-state index contributed by atoms with van der Waals surface area (Å²) in [5.41, 5.74) is -1.29. The van der Waals surface area contributed by atoms with Gasteiger partial charge in [0, 0.05) is 14.1 Å². The molecule has 0 aliphatic carbocycles. The molecule has 0 saturated carbocycles. The number of nitriles is 1. The largest absolute Gasteiger partial charge is 0.452 e. The van der Waals surface area contributed by atoms with Gasteiger partial charge in [-0.1, -0.05) is 25.4 Å². The van der Waals surface area contributed by atoms with E-state index in [-0.39, 0.29) is 21.4 Å². The number of rotatable bonds is 7. The van der Waals surface area contributed by atoms with Crippen molar-refractivity contribution in [3.63, 3.8) is 0 Å². The minimum atomic E-state index is -3.77. The van der Waals surface area contributed by atoms with Crippen LogP contribution in [-0.2, 0) is 19.6 Å². The second-order valence-corrected chi connectivity index (χ2v) is 9.08. The number of carbonyl (C=O) groups excluding carboxylic acids is 2. The zero-order chi connectivity index (χ0) is 21.0. The molecule has 0 aromatic heterocycles. The van der Waals surface area contributed by atoms with E-state index in [1.54, 1.807) is 20.8 Å². The highest BCUT2D eigenvalue weighted by molar-refractivity contribution is 7.89. The first-order chi connectivity index (χ1) is 12.3. The first-order valence-corrected chi connectivity index (χ1v) is 9.78. The topological polar surface area (TPSA) is 117 Å². The van der Waals surface area contributed by atoms with Gasteiger partial charge in [-0.2, -0.15) is 5.26 Å². The molecule has 0 aliphatic rings. The highest BCUT2D eigenvalue weighted by atomic mass is 35.5. The van der Waals surface area contributed by atoms with Gasteiger partial charge in [0.15, 0.2) is 6.61 Å². The number of amides is 1. The van der Waals surface area contributed by atoms with Crippen LogP contribution in [0, 0.1) is 17.2 Å². The van der Waals surface area contributed by atoms with Gasteiger partial charge >= 0.3 is 5.97 Å². The minimum Gasteiger partial charge on any atom is -0.452 e. The molecule has 0 spiro atoms. The molecule has 1 aromatic carbocycles. The fourth-order valence-electron chi connectivity index (χ4n) is 1.87. The van der Waals surface area contributed by atoms with Gasteiger partial charge < -0.3 is 10.1 Å². The van der Waals surface area contributed by atoms with Crippen molar-refractivity contribution in [2.24, 2.45) is 5.92 Å². The molecule has 0 bridgehead atoms. The molecule has 27 heavy (non-hydrogen) atoms. The number of hydrogen-bond donors (Lipinski definition) is 1. The minimum absolute atomic E-state index is 0.0119. The molecule has 1 rings (SSSR count). The normalized spacial score (nSPS) is 13.7. The van der Waals surface area contributed by atoms with Crippen LogP contribution < -0.4 is 5.32 Å². The molecular formula is C17H22ClN3O5S. The fraction of sp³-hybridized carbons (Fsp3) is 0.471. The Hall–Kier alpha value is -2.15. The fourth-order valence-corrected chi connectivity index (χ4v) is 2.99. The lowest BCUT2D eigenvalue weighted by atomic mass is 9.90. The highest BCUT2D eigenvalue weighted by Crippen LogP contribution is 2.23. The Morgan fingerprint density at radius 1 is 1.37 bits per heavy atom. The molecule has 0 unspecified atom stereocenters. The highest BCUT2D eigenvalue weighted by Gasteiger charge is 2.30. The third-order valence-electron chi connectivity index (χ3n) is 4.06. The average Bonchev–Trinajstić information content (AvgIpc) is 2.59. The van der Waals surface area contributed by atoms with Crippen LogP contribution in [0.25, 0.3) is 0 Å². The summed E-state index contributed by atoms with van der Waals surface area (Å²) in [6.45, 7) is 4.46. The number of halogens is 1. The quantitative estimate of drug-likeness (QED) is 0.678. The smallest absolute Gasteiger partial charge is 0.340 e. The van der Waals surface area contributed by atoms with E-state index in [4.69, 9.17) is 16.3 Å². The molecular weight excluding hydrogens is 394 g/mol. The molecule has 0 saturated heterocycles. The summed E-state index contributed by atoms with van der Waals surface area (Å²) in [5, 5.41) is 11.7. The Labute approximate surface area is 164 Å². The van der Waals surface area contributed by atoms with Crippen LogP contribution in [0.3, 0.4) is 0 Å². The van der Waals surface area contributed by atoms with Crippen molar-refractivity contribution in [2.75, 3.05) is 20.7 Å². The van der Waals surface area contributed by atoms with Crippen molar-refractivity contribution in [1.29, 1.82) is 5.26 Å². The summed E-state index contributed by atoms with van der Waals surface area (Å²) in [6, 6.07) is 5.63. The number of nitrogens with zero attached hydrogens (tertiary/aromatic N) is 2. The molecule has 8 nitrogen and oxygen atoms in total. The predicted molar refractivity (Wildman–Crippen MR) is 99.6 cm³/mol. The van der Waals surface area contributed by atoms with Crippen molar-refractivity contribution in [1.82, 2.24) is 9.62 Å². The lowest BCUT2D eigenvalue weighted by Crippen LogP contribution is -2.50. The van der Waals surface area contributed by atoms with Gasteiger partial charge in [0.1, 0.15) is 5.54 Å². The van der Waals surface area contributed by atoms with E-state index in [0.717, 1.165) is 10.4 Å². The van der Waals surface area contributed by atoms with Crippen molar-refractivity contribution < 1.29 is 22.7 Å². The van der Waals surface area contributed by atoms with Crippen LogP contribution in [-0.4, -0.2) is 50.8 Å². The average molecular weight is 416 g/mol. The number of carbonyl (C=O) groups is 2. The molecule has 0 radical (unpaired) electrons. The number of nitrogens with one attached hydrogen (secondary N) is 1. The Morgan fingerprint density at radius 2 is 1.96 bits per heavy atom. The van der Waals surface area contributed by atoms with Crippen LogP contribution in [0.5, 0.6) is 0 Å². The molecule has 1 amide bonds. The summed E-state index contributed by atoms with van der Waals surface area (Å²) >= 11 is 5.95. The van der Waals surface area contributed by atoms with E-state index in [2.05, 4.69) is 5.32 Å². The molecule has 148 valence electrons. The maximum atomic E-state index is 12.2. The standard InChI is InChI=1S/C17H22ClN3O5S/c1-11(2)17(3,10-19)20-15(22)9-26-16(23)13-8-12(6-7-14(13)18)27(24,25)21(4)5/h6-8,11H,9H2,1-5H3,(H,20,22)/t17-/m0/s1. The third kappa shape index (κ3) is 5.42. The third-order valence-corrected chi connectivity index (χ3v) is 6.20. The molecule has 0 fully saturated rings. The van der Waals surface area contributed by atoms with Gasteiger partial charge in [-0.3, -0.25) is 4.79 Å². The van der Waals surface area contributed by atoms with Crippen LogP contribution in [0.15, 0.2) is 23.1 Å². The number of sulfonamides is 1. The molecule has 0 heterocycles. The summed E-state index contributed by atoms with van der Waals surface area (Å²) in [5.74, 6) is -1.77. The maximum Gasteiger partial charge on any atom is 0.340 e. The molecule has 1 N–H and O–H groups in total. The Kier molecular flexibility index (Phi) is 7.37.